The van der Waals surface area contributed by atoms with Gasteiger partial charge >= 0.3 is 0 Å². The number of nitrogens with one attached hydrogen (secondary N) is 1. The Morgan fingerprint density at radius 3 is 2.48 bits per heavy atom. The average molecular weight is 348 g/mol. The Labute approximate surface area is 146 Å². The number of aromatic nitrogens is 2. The molecule has 0 aliphatic carbocycles. The van der Waals surface area contributed by atoms with Crippen LogP contribution in [-0.4, -0.2) is 41.9 Å². The summed E-state index contributed by atoms with van der Waals surface area (Å²) in [6.07, 6.45) is 0. The third-order valence-corrected chi connectivity index (χ3v) is 4.22. The van der Waals surface area contributed by atoms with Crippen molar-refractivity contribution in [2.24, 2.45) is 0 Å². The molecule has 6 nitrogen and oxygen atoms in total. The molecular formula is C18H25FN4O2. The zero-order chi connectivity index (χ0) is 18.1. The standard InChI is InChI=1S/C18H25FN4O2/c1-11(2)20-16-10-15(24)13-9-14(19)18(22-5-7-25-8-6-22)21-17(13)23(16)12(3)4/h9-12,20H,5-8H2,1-4H3. The molecule has 1 fully saturated rings. The minimum absolute atomic E-state index is 0.0693. The molecule has 0 spiro atoms. The van der Waals surface area contributed by atoms with Crippen molar-refractivity contribution >= 4 is 22.7 Å². The van der Waals surface area contributed by atoms with E-state index in [1.54, 1.807) is 0 Å². The van der Waals surface area contributed by atoms with Crippen molar-refractivity contribution in [2.45, 2.75) is 39.8 Å². The van der Waals surface area contributed by atoms with E-state index in [1.807, 2.05) is 37.2 Å². The van der Waals surface area contributed by atoms with Gasteiger partial charge in [-0.1, -0.05) is 0 Å². The molecule has 0 saturated carbocycles. The molecular weight excluding hydrogens is 323 g/mol. The number of morpholine rings is 1. The zero-order valence-electron chi connectivity index (χ0n) is 15.2. The third-order valence-electron chi connectivity index (χ3n) is 4.22. The first kappa shape index (κ1) is 17.7. The lowest BCUT2D eigenvalue weighted by atomic mass is 10.2. The summed E-state index contributed by atoms with van der Waals surface area (Å²) < 4.78 is 21.9. The van der Waals surface area contributed by atoms with E-state index in [4.69, 9.17) is 4.74 Å². The van der Waals surface area contributed by atoms with E-state index in [1.165, 1.54) is 12.1 Å². The van der Waals surface area contributed by atoms with Gasteiger partial charge in [-0.3, -0.25) is 4.79 Å². The van der Waals surface area contributed by atoms with E-state index in [-0.39, 0.29) is 23.3 Å². The number of halogens is 1. The van der Waals surface area contributed by atoms with Crippen LogP contribution in [0, 0.1) is 5.82 Å². The fourth-order valence-corrected chi connectivity index (χ4v) is 3.15. The lowest BCUT2D eigenvalue weighted by Crippen LogP contribution is -2.37. The summed E-state index contributed by atoms with van der Waals surface area (Å²) in [5.74, 6) is 0.521. The SMILES string of the molecule is CC(C)Nc1cc(=O)c2cc(F)c(N3CCOCC3)nc2n1C(C)C. The molecule has 1 N–H and O–H groups in total. The number of pyridine rings is 2. The van der Waals surface area contributed by atoms with Crippen molar-refractivity contribution in [1.82, 2.24) is 9.55 Å². The van der Waals surface area contributed by atoms with Crippen LogP contribution in [0.5, 0.6) is 0 Å². The van der Waals surface area contributed by atoms with E-state index in [0.29, 0.717) is 43.2 Å². The Morgan fingerprint density at radius 2 is 1.88 bits per heavy atom. The molecule has 7 heteroatoms. The van der Waals surface area contributed by atoms with E-state index in [2.05, 4.69) is 10.3 Å². The molecule has 0 atom stereocenters. The fraction of sp³-hybridized carbons (Fsp3) is 0.556. The second-order valence-electron chi connectivity index (χ2n) is 6.92. The van der Waals surface area contributed by atoms with Crippen LogP contribution < -0.4 is 15.6 Å². The van der Waals surface area contributed by atoms with Crippen LogP contribution in [0.3, 0.4) is 0 Å². The number of rotatable bonds is 4. The minimum atomic E-state index is -0.466. The highest BCUT2D eigenvalue weighted by molar-refractivity contribution is 5.80. The predicted molar refractivity (Wildman–Crippen MR) is 98.1 cm³/mol. The molecule has 1 aliphatic rings. The van der Waals surface area contributed by atoms with Crippen molar-refractivity contribution in [1.29, 1.82) is 0 Å². The van der Waals surface area contributed by atoms with Gasteiger partial charge in [-0.15, -0.1) is 0 Å². The van der Waals surface area contributed by atoms with Gasteiger partial charge in [0.2, 0.25) is 0 Å². The van der Waals surface area contributed by atoms with Gasteiger partial charge in [0, 0.05) is 31.2 Å². The van der Waals surface area contributed by atoms with E-state index in [0.717, 1.165) is 0 Å². The normalized spacial score (nSPS) is 15.4. The topological polar surface area (TPSA) is 59.4 Å². The van der Waals surface area contributed by atoms with Gasteiger partial charge in [0.05, 0.1) is 18.6 Å². The Kier molecular flexibility index (Phi) is 4.94. The number of hydrogen-bond donors (Lipinski definition) is 1. The smallest absolute Gasteiger partial charge is 0.193 e. The van der Waals surface area contributed by atoms with Gasteiger partial charge in [-0.05, 0) is 33.8 Å². The van der Waals surface area contributed by atoms with Crippen LogP contribution in [0.4, 0.5) is 16.0 Å². The van der Waals surface area contributed by atoms with Crippen molar-refractivity contribution in [3.8, 4) is 0 Å². The first-order valence-corrected chi connectivity index (χ1v) is 8.73. The molecule has 0 unspecified atom stereocenters. The Bertz CT molecular complexity index is 826. The quantitative estimate of drug-likeness (QED) is 0.921. The van der Waals surface area contributed by atoms with E-state index >= 15 is 0 Å². The summed E-state index contributed by atoms with van der Waals surface area (Å²) in [4.78, 5) is 18.9. The van der Waals surface area contributed by atoms with Gasteiger partial charge in [-0.25, -0.2) is 9.37 Å². The zero-order valence-corrected chi connectivity index (χ0v) is 15.2. The van der Waals surface area contributed by atoms with E-state index < -0.39 is 5.82 Å². The van der Waals surface area contributed by atoms with Crippen LogP contribution in [0.25, 0.3) is 11.0 Å². The van der Waals surface area contributed by atoms with Crippen LogP contribution in [0.2, 0.25) is 0 Å². The van der Waals surface area contributed by atoms with Gasteiger partial charge < -0.3 is 19.5 Å². The molecule has 0 bridgehead atoms. The van der Waals surface area contributed by atoms with Crippen molar-refractivity contribution in [3.05, 3.63) is 28.2 Å². The van der Waals surface area contributed by atoms with Crippen LogP contribution in [0.1, 0.15) is 33.7 Å². The molecule has 25 heavy (non-hydrogen) atoms. The molecule has 3 rings (SSSR count). The monoisotopic (exact) mass is 348 g/mol. The van der Waals surface area contributed by atoms with E-state index in [9.17, 15) is 9.18 Å². The molecule has 0 radical (unpaired) electrons. The van der Waals surface area contributed by atoms with Crippen LogP contribution >= 0.6 is 0 Å². The van der Waals surface area contributed by atoms with Crippen LogP contribution in [0.15, 0.2) is 16.9 Å². The molecule has 1 saturated heterocycles. The number of fused-ring (bicyclic) bond motifs is 1. The highest BCUT2D eigenvalue weighted by atomic mass is 19.1. The van der Waals surface area contributed by atoms with Gasteiger partial charge in [0.15, 0.2) is 17.1 Å². The lowest BCUT2D eigenvalue weighted by Gasteiger charge is -2.29. The molecule has 136 valence electrons. The summed E-state index contributed by atoms with van der Waals surface area (Å²) in [6.45, 7) is 10.3. The first-order chi connectivity index (χ1) is 11.9. The number of ether oxygens (including phenoxy) is 1. The molecule has 0 amide bonds. The third kappa shape index (κ3) is 3.46. The van der Waals surface area contributed by atoms with Crippen molar-refractivity contribution in [2.75, 3.05) is 36.5 Å². The van der Waals surface area contributed by atoms with Gasteiger partial charge in [0.1, 0.15) is 11.5 Å². The molecule has 2 aromatic rings. The summed E-state index contributed by atoms with van der Waals surface area (Å²) in [7, 11) is 0. The minimum Gasteiger partial charge on any atom is -0.378 e. The van der Waals surface area contributed by atoms with Crippen molar-refractivity contribution in [3.63, 3.8) is 0 Å². The largest absolute Gasteiger partial charge is 0.378 e. The first-order valence-electron chi connectivity index (χ1n) is 8.73. The number of anilines is 2. The summed E-state index contributed by atoms with van der Waals surface area (Å²) in [5.41, 5.74) is 0.281. The number of nitrogens with zero attached hydrogens (tertiary/aromatic N) is 3. The summed E-state index contributed by atoms with van der Waals surface area (Å²) in [5, 5.41) is 3.60. The maximum absolute atomic E-state index is 14.6. The van der Waals surface area contributed by atoms with Gasteiger partial charge in [-0.2, -0.15) is 0 Å². The second-order valence-corrected chi connectivity index (χ2v) is 6.92. The molecule has 3 heterocycles. The molecule has 2 aromatic heterocycles. The highest BCUT2D eigenvalue weighted by Crippen LogP contribution is 2.26. The second kappa shape index (κ2) is 7.00. The predicted octanol–water partition coefficient (Wildman–Crippen LogP) is 2.77. The molecule has 0 aromatic carbocycles. The Morgan fingerprint density at radius 1 is 1.20 bits per heavy atom. The number of hydrogen-bond acceptors (Lipinski definition) is 5. The maximum Gasteiger partial charge on any atom is 0.193 e. The Hall–Kier alpha value is -2.15. The Balaban J connectivity index is 2.24. The summed E-state index contributed by atoms with van der Waals surface area (Å²) in [6, 6.07) is 3.08. The molecule has 1 aliphatic heterocycles. The fourth-order valence-electron chi connectivity index (χ4n) is 3.15. The maximum atomic E-state index is 14.6. The van der Waals surface area contributed by atoms with Crippen molar-refractivity contribution < 1.29 is 9.13 Å². The lowest BCUT2D eigenvalue weighted by molar-refractivity contribution is 0.122. The summed E-state index contributed by atoms with van der Waals surface area (Å²) >= 11 is 0. The van der Waals surface area contributed by atoms with Gasteiger partial charge in [0.25, 0.3) is 0 Å². The average Bonchev–Trinajstić information content (AvgIpc) is 2.55. The van der Waals surface area contributed by atoms with Crippen LogP contribution in [-0.2, 0) is 4.74 Å². The highest BCUT2D eigenvalue weighted by Gasteiger charge is 2.21.